The van der Waals surface area contributed by atoms with Gasteiger partial charge < -0.3 is 11.1 Å². The third-order valence-corrected chi connectivity index (χ3v) is 7.77. The number of carbonyl (C=O) groups excluding carboxylic acids is 1. The van der Waals surface area contributed by atoms with Gasteiger partial charge in [0, 0.05) is 37.0 Å². The lowest BCUT2D eigenvalue weighted by Crippen LogP contribution is -2.47. The first-order chi connectivity index (χ1) is 17.2. The van der Waals surface area contributed by atoms with Gasteiger partial charge in [0.05, 0.1) is 12.1 Å². The van der Waals surface area contributed by atoms with Crippen LogP contribution in [0.15, 0.2) is 60.0 Å². The lowest BCUT2D eigenvalue weighted by Gasteiger charge is -2.33. The molecule has 190 valence electrons. The van der Waals surface area contributed by atoms with E-state index in [4.69, 9.17) is 15.7 Å². The van der Waals surface area contributed by atoms with Crippen LogP contribution in [-0.2, 0) is 21.4 Å². The van der Waals surface area contributed by atoms with Crippen molar-refractivity contribution in [3.05, 3.63) is 71.4 Å². The summed E-state index contributed by atoms with van der Waals surface area (Å²) in [6.07, 6.45) is 1.62. The molecule has 3 N–H and O–H groups in total. The van der Waals surface area contributed by atoms with Crippen molar-refractivity contribution in [3.63, 3.8) is 0 Å². The fourth-order valence-electron chi connectivity index (χ4n) is 4.18. The van der Waals surface area contributed by atoms with Crippen LogP contribution in [0.5, 0.6) is 0 Å². The molecule has 1 saturated heterocycles. The molecule has 10 heteroatoms. The summed E-state index contributed by atoms with van der Waals surface area (Å²) in [7, 11) is -3.50. The van der Waals surface area contributed by atoms with E-state index in [1.165, 1.54) is 9.71 Å². The highest BCUT2D eigenvalue weighted by Crippen LogP contribution is 2.23. The monoisotopic (exact) mass is 508 g/mol. The van der Waals surface area contributed by atoms with Crippen molar-refractivity contribution in [2.24, 2.45) is 11.7 Å². The predicted octanol–water partition coefficient (Wildman–Crippen LogP) is 2.67. The second-order valence-electron chi connectivity index (χ2n) is 9.21. The van der Waals surface area contributed by atoms with Gasteiger partial charge in [0.1, 0.15) is 17.7 Å². The average molecular weight is 509 g/mol. The van der Waals surface area contributed by atoms with Crippen LogP contribution in [0.1, 0.15) is 25.2 Å². The van der Waals surface area contributed by atoms with E-state index in [1.54, 1.807) is 6.08 Å². The summed E-state index contributed by atoms with van der Waals surface area (Å²) < 4.78 is 27.1. The molecule has 2 heterocycles. The Labute approximate surface area is 212 Å². The Bertz CT molecular complexity index is 1340. The first-order valence-electron chi connectivity index (χ1n) is 12.0. The van der Waals surface area contributed by atoms with Gasteiger partial charge in [0.15, 0.2) is 0 Å². The number of fused-ring (bicyclic) bond motifs is 1. The van der Waals surface area contributed by atoms with Gasteiger partial charge in [-0.15, -0.1) is 0 Å². The van der Waals surface area contributed by atoms with Gasteiger partial charge in [-0.3, -0.25) is 9.69 Å². The largest absolute Gasteiger partial charge is 0.368 e. The molecule has 0 unspecified atom stereocenters. The van der Waals surface area contributed by atoms with E-state index in [0.717, 1.165) is 16.5 Å². The van der Waals surface area contributed by atoms with Crippen LogP contribution in [0.25, 0.3) is 17.0 Å². The maximum Gasteiger partial charge on any atom is 0.240 e. The number of anilines is 1. The summed E-state index contributed by atoms with van der Waals surface area (Å²) in [6, 6.07) is 16.4. The predicted molar refractivity (Wildman–Crippen MR) is 142 cm³/mol. The molecule has 1 aliphatic heterocycles. The number of hydrogen-bond donors (Lipinski definition) is 2. The molecule has 0 saturated carbocycles. The Hall–Kier alpha value is -3.34. The third kappa shape index (κ3) is 6.26. The van der Waals surface area contributed by atoms with Crippen LogP contribution >= 0.6 is 0 Å². The van der Waals surface area contributed by atoms with Crippen LogP contribution in [0, 0.1) is 5.92 Å². The Kier molecular flexibility index (Phi) is 7.97. The summed E-state index contributed by atoms with van der Waals surface area (Å²) in [5, 5.41) is 5.30. The van der Waals surface area contributed by atoms with E-state index < -0.39 is 22.0 Å². The number of nitrogens with zero attached hydrogens (tertiary/aromatic N) is 4. The molecule has 4 rings (SSSR count). The summed E-state index contributed by atoms with van der Waals surface area (Å²) >= 11 is 0. The molecular weight excluding hydrogens is 476 g/mol. The van der Waals surface area contributed by atoms with Crippen LogP contribution in [0.4, 0.5) is 5.82 Å². The van der Waals surface area contributed by atoms with Crippen molar-refractivity contribution in [2.75, 3.05) is 31.5 Å². The molecule has 9 nitrogen and oxygen atoms in total. The van der Waals surface area contributed by atoms with Crippen molar-refractivity contribution in [1.29, 1.82) is 0 Å². The maximum atomic E-state index is 12.8. The normalized spacial score (nSPS) is 16.5. The highest BCUT2D eigenvalue weighted by Gasteiger charge is 2.26. The summed E-state index contributed by atoms with van der Waals surface area (Å²) in [5.74, 6) is 0.724. The molecule has 0 radical (unpaired) electrons. The number of amides is 1. The molecule has 1 fully saturated rings. The number of hydrogen-bond acceptors (Lipinski definition) is 7. The molecule has 1 amide bonds. The number of para-hydroxylation sites is 1. The SMILES string of the molecule is CC(C)[C@H](Nc1nc(CN2CCN(S(=O)(=O)C=Cc3ccccc3)CC2)nc2ccccc12)C(N)=O. The van der Waals surface area contributed by atoms with E-state index in [0.29, 0.717) is 44.4 Å². The molecule has 36 heavy (non-hydrogen) atoms. The van der Waals surface area contributed by atoms with Gasteiger partial charge in [-0.25, -0.2) is 18.4 Å². The standard InChI is InChI=1S/C26H32N6O3S/c1-19(2)24(25(27)33)30-26-21-10-6-7-11-22(21)28-23(29-26)18-31-13-15-32(16-14-31)36(34,35)17-12-20-8-4-3-5-9-20/h3-12,17,19,24H,13-16,18H2,1-2H3,(H2,27,33)(H,28,29,30)/t24-/m0/s1. The van der Waals surface area contributed by atoms with Crippen LogP contribution < -0.4 is 11.1 Å². The number of nitrogens with one attached hydrogen (secondary N) is 1. The summed E-state index contributed by atoms with van der Waals surface area (Å²) in [4.78, 5) is 23.5. The molecule has 2 aromatic carbocycles. The van der Waals surface area contributed by atoms with Gasteiger partial charge >= 0.3 is 0 Å². The molecule has 0 bridgehead atoms. The third-order valence-electron chi connectivity index (χ3n) is 6.20. The summed E-state index contributed by atoms with van der Waals surface area (Å²) in [5.41, 5.74) is 7.22. The van der Waals surface area contributed by atoms with Crippen LogP contribution in [-0.4, -0.2) is 65.7 Å². The first kappa shape index (κ1) is 25.7. The van der Waals surface area contributed by atoms with Gasteiger partial charge in [-0.2, -0.15) is 4.31 Å². The van der Waals surface area contributed by atoms with Gasteiger partial charge in [-0.1, -0.05) is 56.3 Å². The van der Waals surface area contributed by atoms with Gasteiger partial charge in [0.25, 0.3) is 0 Å². The Morgan fingerprint density at radius 1 is 1.03 bits per heavy atom. The number of piperazine rings is 1. The zero-order valence-corrected chi connectivity index (χ0v) is 21.4. The number of carbonyl (C=O) groups is 1. The summed E-state index contributed by atoms with van der Waals surface area (Å²) in [6.45, 7) is 6.22. The lowest BCUT2D eigenvalue weighted by atomic mass is 10.0. The van der Waals surface area contributed by atoms with E-state index in [1.807, 2.05) is 68.4 Å². The smallest absolute Gasteiger partial charge is 0.240 e. The molecular formula is C26H32N6O3S. The second-order valence-corrected chi connectivity index (χ2v) is 11.0. The van der Waals surface area contributed by atoms with Crippen molar-refractivity contribution in [2.45, 2.75) is 26.4 Å². The number of rotatable bonds is 9. The molecule has 1 atom stereocenters. The molecule has 1 aromatic heterocycles. The number of nitrogens with two attached hydrogens (primary N) is 1. The van der Waals surface area contributed by atoms with Gasteiger partial charge in [0.2, 0.25) is 15.9 Å². The number of benzene rings is 2. The van der Waals surface area contributed by atoms with E-state index >= 15 is 0 Å². The van der Waals surface area contributed by atoms with E-state index in [9.17, 15) is 13.2 Å². The molecule has 1 aliphatic rings. The van der Waals surface area contributed by atoms with Crippen LogP contribution in [0.3, 0.4) is 0 Å². The topological polar surface area (TPSA) is 122 Å². The minimum atomic E-state index is -3.50. The minimum absolute atomic E-state index is 0.00866. The van der Waals surface area contributed by atoms with Gasteiger partial charge in [-0.05, 0) is 29.7 Å². The highest BCUT2D eigenvalue weighted by molar-refractivity contribution is 7.92. The number of aromatic nitrogens is 2. The molecule has 0 spiro atoms. The zero-order chi connectivity index (χ0) is 25.7. The van der Waals surface area contributed by atoms with Crippen LogP contribution in [0.2, 0.25) is 0 Å². The second kappa shape index (κ2) is 11.2. The Morgan fingerprint density at radius 3 is 2.36 bits per heavy atom. The minimum Gasteiger partial charge on any atom is -0.368 e. The van der Waals surface area contributed by atoms with Crippen molar-refractivity contribution >= 4 is 38.7 Å². The Balaban J connectivity index is 1.45. The zero-order valence-electron chi connectivity index (χ0n) is 20.5. The molecule has 3 aromatic rings. The highest BCUT2D eigenvalue weighted by atomic mass is 32.2. The Morgan fingerprint density at radius 2 is 1.69 bits per heavy atom. The first-order valence-corrected chi connectivity index (χ1v) is 13.5. The fraction of sp³-hybridized carbons (Fsp3) is 0.346. The fourth-order valence-corrected chi connectivity index (χ4v) is 5.35. The number of sulfonamides is 1. The number of primary amides is 1. The maximum absolute atomic E-state index is 12.8. The van der Waals surface area contributed by atoms with Crippen molar-refractivity contribution in [3.8, 4) is 0 Å². The average Bonchev–Trinajstić information content (AvgIpc) is 2.86. The van der Waals surface area contributed by atoms with E-state index in [2.05, 4.69) is 10.2 Å². The quantitative estimate of drug-likeness (QED) is 0.456. The lowest BCUT2D eigenvalue weighted by molar-refractivity contribution is -0.119. The van der Waals surface area contributed by atoms with Crippen molar-refractivity contribution < 1.29 is 13.2 Å². The van der Waals surface area contributed by atoms with E-state index in [-0.39, 0.29) is 5.92 Å². The van der Waals surface area contributed by atoms with Crippen molar-refractivity contribution in [1.82, 2.24) is 19.2 Å². The molecule has 0 aliphatic carbocycles.